The van der Waals surface area contributed by atoms with Crippen molar-refractivity contribution >= 4 is 39.0 Å². The summed E-state index contributed by atoms with van der Waals surface area (Å²) in [7, 11) is -3.83. The number of halogens is 2. The maximum absolute atomic E-state index is 12.9. The molecule has 0 aliphatic carbocycles. The van der Waals surface area contributed by atoms with E-state index >= 15 is 0 Å². The maximum Gasteiger partial charge on any atom is 0.263 e. The molecule has 8 heteroatoms. The number of hydrogen-bond acceptors (Lipinski definition) is 4. The molecule has 3 aromatic rings. The van der Waals surface area contributed by atoms with E-state index in [0.29, 0.717) is 22.9 Å². The van der Waals surface area contributed by atoms with Crippen molar-refractivity contribution in [2.75, 3.05) is 4.72 Å². The van der Waals surface area contributed by atoms with Crippen molar-refractivity contribution in [3.8, 4) is 0 Å². The zero-order valence-corrected chi connectivity index (χ0v) is 18.4. The van der Waals surface area contributed by atoms with Crippen LogP contribution in [0.2, 0.25) is 10.2 Å². The third kappa shape index (κ3) is 5.47. The Bertz CT molecular complexity index is 1100. The molecule has 0 saturated carbocycles. The van der Waals surface area contributed by atoms with Crippen molar-refractivity contribution in [2.24, 2.45) is 5.92 Å². The molecular weight excluding hydrogens is 429 g/mol. The molecule has 2 aromatic carbocycles. The molecular formula is C21H21Cl2N3O2S. The molecule has 1 heterocycles. The summed E-state index contributed by atoms with van der Waals surface area (Å²) in [5.74, 6) is 0.627. The lowest BCUT2D eigenvalue weighted by molar-refractivity contribution is 0.600. The number of benzene rings is 2. The Morgan fingerprint density at radius 1 is 1.00 bits per heavy atom. The van der Waals surface area contributed by atoms with E-state index in [2.05, 4.69) is 28.5 Å². The minimum atomic E-state index is -3.83. The third-order valence-electron chi connectivity index (χ3n) is 4.33. The molecule has 0 radical (unpaired) electrons. The normalized spacial score (nSPS) is 11.6. The van der Waals surface area contributed by atoms with Gasteiger partial charge in [-0.05, 0) is 41.7 Å². The molecule has 3 rings (SSSR count). The van der Waals surface area contributed by atoms with Crippen molar-refractivity contribution in [3.05, 3.63) is 81.7 Å². The highest BCUT2D eigenvalue weighted by atomic mass is 35.5. The molecule has 0 unspecified atom stereocenters. The second-order valence-electron chi connectivity index (χ2n) is 7.11. The van der Waals surface area contributed by atoms with Crippen LogP contribution in [0, 0.1) is 5.92 Å². The molecule has 0 aliphatic heterocycles. The summed E-state index contributed by atoms with van der Waals surface area (Å²) in [5, 5.41) is 0.729. The molecule has 0 saturated heterocycles. The average Bonchev–Trinajstić information content (AvgIpc) is 2.66. The quantitative estimate of drug-likeness (QED) is 0.491. The van der Waals surface area contributed by atoms with E-state index < -0.39 is 10.0 Å². The topological polar surface area (TPSA) is 72.0 Å². The Morgan fingerprint density at radius 3 is 2.34 bits per heavy atom. The van der Waals surface area contributed by atoms with E-state index in [9.17, 15) is 8.42 Å². The third-order valence-corrected chi connectivity index (χ3v) is 6.38. The number of rotatable bonds is 7. The van der Waals surface area contributed by atoms with Crippen LogP contribution in [0.4, 0.5) is 5.82 Å². The van der Waals surface area contributed by atoms with Gasteiger partial charge in [0.25, 0.3) is 10.0 Å². The van der Waals surface area contributed by atoms with Crippen LogP contribution in [0.1, 0.15) is 30.5 Å². The number of hydrogen-bond donors (Lipinski definition) is 1. The van der Waals surface area contributed by atoms with E-state index in [1.807, 2.05) is 30.3 Å². The zero-order valence-electron chi connectivity index (χ0n) is 16.1. The lowest BCUT2D eigenvalue weighted by Gasteiger charge is -2.13. The van der Waals surface area contributed by atoms with Gasteiger partial charge in [-0.1, -0.05) is 67.4 Å². The maximum atomic E-state index is 12.9. The Morgan fingerprint density at radius 2 is 1.69 bits per heavy atom. The van der Waals surface area contributed by atoms with E-state index in [1.165, 1.54) is 6.33 Å². The Kier molecular flexibility index (Phi) is 6.77. The molecule has 0 spiro atoms. The van der Waals surface area contributed by atoms with Gasteiger partial charge in [-0.25, -0.2) is 18.4 Å². The number of aromatic nitrogens is 2. The van der Waals surface area contributed by atoms with E-state index in [4.69, 9.17) is 23.2 Å². The molecule has 0 atom stereocenters. The molecule has 0 bridgehead atoms. The summed E-state index contributed by atoms with van der Waals surface area (Å²) < 4.78 is 28.3. The van der Waals surface area contributed by atoms with Gasteiger partial charge in [0.05, 0.1) is 4.90 Å². The SMILES string of the molecule is CC(C)Cc1ccc(S(=O)(=O)Nc2ncnc(Cl)c2Cc2ccccc2Cl)cc1. The van der Waals surface area contributed by atoms with Gasteiger partial charge in [-0.3, -0.25) is 4.72 Å². The van der Waals surface area contributed by atoms with Gasteiger partial charge in [0.15, 0.2) is 0 Å². The summed E-state index contributed by atoms with van der Waals surface area (Å²) in [6.45, 7) is 4.23. The van der Waals surface area contributed by atoms with Gasteiger partial charge in [0.1, 0.15) is 17.3 Å². The number of anilines is 1. The summed E-state index contributed by atoms with van der Waals surface area (Å²) in [6.07, 6.45) is 2.41. The smallest absolute Gasteiger partial charge is 0.263 e. The second kappa shape index (κ2) is 9.11. The lowest BCUT2D eigenvalue weighted by atomic mass is 10.0. The van der Waals surface area contributed by atoms with Crippen molar-refractivity contribution in [3.63, 3.8) is 0 Å². The van der Waals surface area contributed by atoms with E-state index in [1.54, 1.807) is 18.2 Å². The fourth-order valence-corrected chi connectivity index (χ4v) is 4.38. The molecule has 152 valence electrons. The first-order valence-electron chi connectivity index (χ1n) is 9.11. The Labute approximate surface area is 181 Å². The van der Waals surface area contributed by atoms with Gasteiger partial charge in [-0.15, -0.1) is 0 Å². The fraction of sp³-hybridized carbons (Fsp3) is 0.238. The highest BCUT2D eigenvalue weighted by Gasteiger charge is 2.20. The molecule has 29 heavy (non-hydrogen) atoms. The van der Waals surface area contributed by atoms with Crippen molar-refractivity contribution in [1.82, 2.24) is 9.97 Å². The van der Waals surface area contributed by atoms with Crippen molar-refractivity contribution in [1.29, 1.82) is 0 Å². The Balaban J connectivity index is 1.89. The van der Waals surface area contributed by atoms with Gasteiger partial charge in [0, 0.05) is 17.0 Å². The van der Waals surface area contributed by atoms with Crippen LogP contribution in [0.25, 0.3) is 0 Å². The highest BCUT2D eigenvalue weighted by Crippen LogP contribution is 2.28. The zero-order chi connectivity index (χ0) is 21.0. The number of sulfonamides is 1. The van der Waals surface area contributed by atoms with Crippen LogP contribution in [-0.2, 0) is 22.9 Å². The second-order valence-corrected chi connectivity index (χ2v) is 9.55. The largest absolute Gasteiger partial charge is 0.263 e. The predicted molar refractivity (Wildman–Crippen MR) is 117 cm³/mol. The predicted octanol–water partition coefficient (Wildman–Crippen LogP) is 5.37. The monoisotopic (exact) mass is 449 g/mol. The molecule has 1 N–H and O–H groups in total. The van der Waals surface area contributed by atoms with Crippen LogP contribution in [0.5, 0.6) is 0 Å². The highest BCUT2D eigenvalue weighted by molar-refractivity contribution is 7.92. The standard InChI is InChI=1S/C21H21Cl2N3O2S/c1-14(2)11-15-7-9-17(10-8-15)29(27,28)26-21-18(20(23)24-13-25-21)12-16-5-3-4-6-19(16)22/h3-10,13-14H,11-12H2,1-2H3,(H,24,25,26). The summed E-state index contributed by atoms with van der Waals surface area (Å²) in [4.78, 5) is 8.24. The minimum Gasteiger partial charge on any atom is -0.263 e. The van der Waals surface area contributed by atoms with Gasteiger partial charge in [0.2, 0.25) is 0 Å². The molecule has 0 aliphatic rings. The van der Waals surface area contributed by atoms with E-state index in [0.717, 1.165) is 17.5 Å². The van der Waals surface area contributed by atoms with Gasteiger partial charge >= 0.3 is 0 Å². The average molecular weight is 450 g/mol. The number of nitrogens with one attached hydrogen (secondary N) is 1. The van der Waals surface area contributed by atoms with Gasteiger partial charge < -0.3 is 0 Å². The molecule has 1 aromatic heterocycles. The van der Waals surface area contributed by atoms with E-state index in [-0.39, 0.29) is 15.9 Å². The summed E-state index contributed by atoms with van der Waals surface area (Å²) >= 11 is 12.5. The van der Waals surface area contributed by atoms with Crippen LogP contribution in [-0.4, -0.2) is 18.4 Å². The van der Waals surface area contributed by atoms with Crippen LogP contribution < -0.4 is 4.72 Å². The Hall–Kier alpha value is -2.15. The van der Waals surface area contributed by atoms with Crippen LogP contribution in [0.15, 0.2) is 59.8 Å². The van der Waals surface area contributed by atoms with Crippen LogP contribution in [0.3, 0.4) is 0 Å². The van der Waals surface area contributed by atoms with Crippen molar-refractivity contribution in [2.45, 2.75) is 31.6 Å². The summed E-state index contributed by atoms with van der Waals surface area (Å²) in [5.41, 5.74) is 2.34. The van der Waals surface area contributed by atoms with Crippen molar-refractivity contribution < 1.29 is 8.42 Å². The molecule has 0 fully saturated rings. The van der Waals surface area contributed by atoms with Crippen LogP contribution >= 0.6 is 23.2 Å². The first-order chi connectivity index (χ1) is 13.8. The molecule has 5 nitrogen and oxygen atoms in total. The summed E-state index contributed by atoms with van der Waals surface area (Å²) in [6, 6.07) is 14.1. The first-order valence-corrected chi connectivity index (χ1v) is 11.3. The number of nitrogens with zero attached hydrogens (tertiary/aromatic N) is 2. The van der Waals surface area contributed by atoms with Gasteiger partial charge in [-0.2, -0.15) is 0 Å². The molecule has 0 amide bonds. The first kappa shape index (κ1) is 21.6. The minimum absolute atomic E-state index is 0.135. The lowest BCUT2D eigenvalue weighted by Crippen LogP contribution is -2.16. The fourth-order valence-electron chi connectivity index (χ4n) is 2.93.